The van der Waals surface area contributed by atoms with Gasteiger partial charge in [0.05, 0.1) is 19.0 Å². The number of ether oxygens (including phenoxy) is 2. The molecule has 0 spiro atoms. The van der Waals surface area contributed by atoms with Gasteiger partial charge in [-0.1, -0.05) is 12.1 Å². The summed E-state index contributed by atoms with van der Waals surface area (Å²) in [7, 11) is 0. The lowest BCUT2D eigenvalue weighted by Crippen LogP contribution is -2.29. The summed E-state index contributed by atoms with van der Waals surface area (Å²) in [5.41, 5.74) is 1.33. The molecule has 0 radical (unpaired) electrons. The average Bonchev–Trinajstić information content (AvgIpc) is 3.02. The predicted molar refractivity (Wildman–Crippen MR) is 94.1 cm³/mol. The highest BCUT2D eigenvalue weighted by atomic mass is 16.5. The molecule has 0 unspecified atom stereocenters. The number of hydrogen-bond acceptors (Lipinski definition) is 4. The maximum atomic E-state index is 5.82. The second-order valence-corrected chi connectivity index (χ2v) is 6.42. The highest BCUT2D eigenvalue weighted by molar-refractivity contribution is 5.27. The van der Waals surface area contributed by atoms with Crippen LogP contribution in [-0.2, 0) is 17.8 Å². The molecule has 5 heteroatoms. The maximum absolute atomic E-state index is 5.82. The molecule has 1 aliphatic rings. The van der Waals surface area contributed by atoms with E-state index in [0.717, 1.165) is 58.0 Å². The van der Waals surface area contributed by atoms with Gasteiger partial charge in [-0.25, -0.2) is 4.98 Å². The van der Waals surface area contributed by atoms with Crippen molar-refractivity contribution in [3.8, 4) is 5.75 Å². The molecule has 2 aromatic rings. The third-order valence-electron chi connectivity index (χ3n) is 4.25. The number of benzene rings is 1. The molecule has 1 saturated heterocycles. The van der Waals surface area contributed by atoms with E-state index in [-0.39, 0.29) is 0 Å². The van der Waals surface area contributed by atoms with E-state index >= 15 is 0 Å². The van der Waals surface area contributed by atoms with E-state index in [1.165, 1.54) is 5.56 Å². The largest absolute Gasteiger partial charge is 0.494 e. The minimum absolute atomic E-state index is 0.325. The molecule has 1 aliphatic heterocycles. The lowest BCUT2D eigenvalue weighted by Gasteiger charge is -2.21. The molecule has 0 bridgehead atoms. The Bertz CT molecular complexity index is 583. The van der Waals surface area contributed by atoms with E-state index in [9.17, 15) is 0 Å². The van der Waals surface area contributed by atoms with Gasteiger partial charge in [0, 0.05) is 45.2 Å². The highest BCUT2D eigenvalue weighted by Gasteiger charge is 2.14. The first-order chi connectivity index (χ1) is 11.8. The minimum atomic E-state index is 0.325. The van der Waals surface area contributed by atoms with Crippen LogP contribution in [0, 0.1) is 0 Å². The van der Waals surface area contributed by atoms with E-state index in [0.29, 0.717) is 6.10 Å². The van der Waals surface area contributed by atoms with Crippen molar-refractivity contribution < 1.29 is 9.47 Å². The van der Waals surface area contributed by atoms with E-state index in [2.05, 4.69) is 45.6 Å². The third kappa shape index (κ3) is 5.35. The monoisotopic (exact) mass is 329 g/mol. The smallest absolute Gasteiger partial charge is 0.119 e. The summed E-state index contributed by atoms with van der Waals surface area (Å²) in [6.07, 6.45) is 8.03. The normalized spacial score (nSPS) is 19.1. The zero-order valence-electron chi connectivity index (χ0n) is 14.4. The van der Waals surface area contributed by atoms with E-state index in [1.807, 2.05) is 12.5 Å². The zero-order chi connectivity index (χ0) is 16.6. The Labute approximate surface area is 144 Å². The number of aryl methyl sites for hydroxylation is 1. The molecule has 0 aliphatic carbocycles. The van der Waals surface area contributed by atoms with Crippen molar-refractivity contribution in [2.45, 2.75) is 39.0 Å². The lowest BCUT2D eigenvalue weighted by atomic mass is 10.2. The molecule has 130 valence electrons. The van der Waals surface area contributed by atoms with Crippen LogP contribution in [0.3, 0.4) is 0 Å². The van der Waals surface area contributed by atoms with Crippen LogP contribution in [-0.4, -0.2) is 46.9 Å². The second kappa shape index (κ2) is 8.85. The topological polar surface area (TPSA) is 39.5 Å². The Morgan fingerprint density at radius 1 is 1.29 bits per heavy atom. The molecular weight excluding hydrogens is 302 g/mol. The van der Waals surface area contributed by atoms with Crippen LogP contribution >= 0.6 is 0 Å². The summed E-state index contributed by atoms with van der Waals surface area (Å²) in [4.78, 5) is 6.51. The molecule has 0 saturated carbocycles. The summed E-state index contributed by atoms with van der Waals surface area (Å²) in [6, 6.07) is 8.48. The lowest BCUT2D eigenvalue weighted by molar-refractivity contribution is 0.0668. The van der Waals surface area contributed by atoms with Crippen molar-refractivity contribution in [3.05, 3.63) is 48.5 Å². The highest BCUT2D eigenvalue weighted by Crippen LogP contribution is 2.15. The van der Waals surface area contributed by atoms with Crippen molar-refractivity contribution in [2.75, 3.05) is 26.3 Å². The Balaban J connectivity index is 1.41. The molecule has 2 heterocycles. The number of rotatable bonds is 7. The van der Waals surface area contributed by atoms with Crippen molar-refractivity contribution in [1.82, 2.24) is 14.5 Å². The Morgan fingerprint density at radius 3 is 2.96 bits per heavy atom. The first-order valence-corrected chi connectivity index (χ1v) is 8.81. The van der Waals surface area contributed by atoms with Gasteiger partial charge in [0.25, 0.3) is 0 Å². The van der Waals surface area contributed by atoms with Crippen LogP contribution in [0.25, 0.3) is 0 Å². The minimum Gasteiger partial charge on any atom is -0.494 e. The van der Waals surface area contributed by atoms with Gasteiger partial charge in [0.2, 0.25) is 0 Å². The molecule has 1 fully saturated rings. The van der Waals surface area contributed by atoms with Gasteiger partial charge in [-0.15, -0.1) is 0 Å². The predicted octanol–water partition coefficient (Wildman–Crippen LogP) is 2.96. The molecule has 5 nitrogen and oxygen atoms in total. The Morgan fingerprint density at radius 2 is 2.17 bits per heavy atom. The molecule has 3 rings (SSSR count). The van der Waals surface area contributed by atoms with Gasteiger partial charge < -0.3 is 14.0 Å². The van der Waals surface area contributed by atoms with Crippen molar-refractivity contribution in [1.29, 1.82) is 0 Å². The number of nitrogens with zero attached hydrogens (tertiary/aromatic N) is 3. The van der Waals surface area contributed by atoms with Crippen LogP contribution in [0.2, 0.25) is 0 Å². The summed E-state index contributed by atoms with van der Waals surface area (Å²) < 4.78 is 13.6. The molecule has 24 heavy (non-hydrogen) atoms. The summed E-state index contributed by atoms with van der Waals surface area (Å²) in [5, 5.41) is 0. The zero-order valence-corrected chi connectivity index (χ0v) is 14.4. The first-order valence-electron chi connectivity index (χ1n) is 8.81. The van der Waals surface area contributed by atoms with Crippen molar-refractivity contribution in [3.63, 3.8) is 0 Å². The fourth-order valence-corrected chi connectivity index (χ4v) is 3.03. The van der Waals surface area contributed by atoms with E-state index in [1.54, 1.807) is 6.20 Å². The molecule has 0 N–H and O–H groups in total. The molecule has 1 atom stereocenters. The van der Waals surface area contributed by atoms with Crippen LogP contribution in [0.5, 0.6) is 5.75 Å². The van der Waals surface area contributed by atoms with Crippen LogP contribution in [0.15, 0.2) is 43.0 Å². The van der Waals surface area contributed by atoms with Gasteiger partial charge >= 0.3 is 0 Å². The van der Waals surface area contributed by atoms with Crippen LogP contribution < -0.4 is 4.74 Å². The van der Waals surface area contributed by atoms with Gasteiger partial charge in [0.15, 0.2) is 0 Å². The summed E-state index contributed by atoms with van der Waals surface area (Å²) >= 11 is 0. The van der Waals surface area contributed by atoms with Crippen LogP contribution in [0.1, 0.15) is 25.3 Å². The maximum Gasteiger partial charge on any atom is 0.119 e. The Kier molecular flexibility index (Phi) is 6.26. The standard InChI is InChI=1S/C19H27N3O2/c1-17-14-22(10-3-12-23-17)15-18-4-6-19(7-5-18)24-13-2-9-21-11-8-20-16-21/h4-8,11,16-17H,2-3,9-10,12-15H2,1H3/t17-/m1/s1. The first kappa shape index (κ1) is 17.0. The Hall–Kier alpha value is -1.85. The fraction of sp³-hybridized carbons (Fsp3) is 0.526. The van der Waals surface area contributed by atoms with Gasteiger partial charge in [-0.3, -0.25) is 4.90 Å². The summed E-state index contributed by atoms with van der Waals surface area (Å²) in [6.45, 7) is 7.78. The quantitative estimate of drug-likeness (QED) is 0.732. The van der Waals surface area contributed by atoms with Crippen molar-refractivity contribution in [2.24, 2.45) is 0 Å². The number of imidazole rings is 1. The number of hydrogen-bond donors (Lipinski definition) is 0. The van der Waals surface area contributed by atoms with Gasteiger partial charge in [-0.05, 0) is 37.5 Å². The van der Waals surface area contributed by atoms with E-state index in [4.69, 9.17) is 9.47 Å². The molecule has 1 aromatic carbocycles. The van der Waals surface area contributed by atoms with E-state index < -0.39 is 0 Å². The van der Waals surface area contributed by atoms with Crippen molar-refractivity contribution >= 4 is 0 Å². The summed E-state index contributed by atoms with van der Waals surface area (Å²) in [5.74, 6) is 0.942. The molecule has 0 amide bonds. The van der Waals surface area contributed by atoms with Gasteiger partial charge in [-0.2, -0.15) is 0 Å². The van der Waals surface area contributed by atoms with Crippen LogP contribution in [0.4, 0.5) is 0 Å². The molecule has 1 aromatic heterocycles. The number of aromatic nitrogens is 2. The third-order valence-corrected chi connectivity index (χ3v) is 4.25. The second-order valence-electron chi connectivity index (χ2n) is 6.42. The van der Waals surface area contributed by atoms with Gasteiger partial charge in [0.1, 0.15) is 5.75 Å². The average molecular weight is 329 g/mol. The fourth-order valence-electron chi connectivity index (χ4n) is 3.03. The SMILES string of the molecule is C[C@@H]1CN(Cc2ccc(OCCCn3ccnc3)cc2)CCCO1. The molecular formula is C19H27N3O2.